The second kappa shape index (κ2) is 6.16. The van der Waals surface area contributed by atoms with E-state index in [0.29, 0.717) is 5.92 Å². The molecule has 0 unspecified atom stereocenters. The number of methoxy groups -OCH3 is 1. The molecule has 19 heavy (non-hydrogen) atoms. The van der Waals surface area contributed by atoms with Gasteiger partial charge in [-0.3, -0.25) is 0 Å². The summed E-state index contributed by atoms with van der Waals surface area (Å²) in [5.74, 6) is 2.49. The van der Waals surface area contributed by atoms with Crippen molar-refractivity contribution in [2.24, 2.45) is 0 Å². The molecule has 2 heterocycles. The number of piperidine rings is 1. The topological polar surface area (TPSA) is 34.4 Å². The largest absolute Gasteiger partial charge is 1.00 e. The third kappa shape index (κ3) is 2.91. The molecule has 3 rings (SSSR count). The Kier molecular flexibility index (Phi) is 4.76. The van der Waals surface area contributed by atoms with Crippen LogP contribution in [-0.2, 0) is 0 Å². The van der Waals surface area contributed by atoms with Gasteiger partial charge < -0.3 is 26.9 Å². The molecule has 0 spiro atoms. The minimum Gasteiger partial charge on any atom is -1.00 e. The number of rotatable bonds is 2. The first kappa shape index (κ1) is 14.7. The maximum atomic E-state index is 6.01. The fraction of sp³-hybridized carbons (Fsp3) is 0.429. The molecule has 5 heteroatoms. The summed E-state index contributed by atoms with van der Waals surface area (Å²) in [6.07, 6.45) is 2.29. The van der Waals surface area contributed by atoms with Crippen LogP contribution in [0.5, 0.6) is 5.75 Å². The lowest BCUT2D eigenvalue weighted by Gasteiger charge is -2.20. The van der Waals surface area contributed by atoms with E-state index in [9.17, 15) is 0 Å². The number of halogens is 2. The normalized spacial score (nSPS) is 16.3. The zero-order valence-electron chi connectivity index (χ0n) is 11.7. The minimum absolute atomic E-state index is 0. The van der Waals surface area contributed by atoms with Gasteiger partial charge in [-0.1, -0.05) is 0 Å². The Morgan fingerprint density at radius 3 is 2.74 bits per heavy atom. The molecule has 3 nitrogen and oxygen atoms in total. The first-order valence-corrected chi connectivity index (χ1v) is 7.05. The second-order valence-electron chi connectivity index (χ2n) is 4.70. The van der Waals surface area contributed by atoms with Crippen LogP contribution in [0, 0.1) is 0 Å². The second-order valence-corrected chi connectivity index (χ2v) is 5.55. The molecular formula is C14H17BrClNO2. The molecular weight excluding hydrogens is 330 g/mol. The third-order valence-electron chi connectivity index (χ3n) is 3.54. The van der Waals surface area contributed by atoms with Crippen LogP contribution in [0.4, 0.5) is 0 Å². The minimum atomic E-state index is 0. The summed E-state index contributed by atoms with van der Waals surface area (Å²) in [6, 6.07) is 6.12. The van der Waals surface area contributed by atoms with Crippen LogP contribution in [0.25, 0.3) is 11.0 Å². The Labute approximate surface area is 128 Å². The first-order chi connectivity index (χ1) is 8.78. The number of ether oxygens (including phenoxy) is 1. The number of benzene rings is 1. The Balaban J connectivity index is 0.000001000. The molecule has 1 aliphatic heterocycles. The van der Waals surface area contributed by atoms with Gasteiger partial charge in [-0.05, 0) is 60.1 Å². The molecule has 0 radical (unpaired) electrons. The van der Waals surface area contributed by atoms with E-state index in [1.54, 1.807) is 7.11 Å². The number of furan rings is 1. The van der Waals surface area contributed by atoms with E-state index in [0.717, 1.165) is 52.9 Å². The molecule has 0 aliphatic carbocycles. The molecule has 1 saturated heterocycles. The van der Waals surface area contributed by atoms with Gasteiger partial charge in [0.2, 0.25) is 0 Å². The van der Waals surface area contributed by atoms with E-state index in [1.807, 2.05) is 12.1 Å². The predicted octanol–water partition coefficient (Wildman–Crippen LogP) is 0.787. The van der Waals surface area contributed by atoms with Crippen molar-refractivity contribution in [1.82, 2.24) is 5.32 Å². The zero-order chi connectivity index (χ0) is 12.5. The van der Waals surface area contributed by atoms with E-state index in [1.165, 1.54) is 0 Å². The summed E-state index contributed by atoms with van der Waals surface area (Å²) < 4.78 is 12.2. The summed E-state index contributed by atoms with van der Waals surface area (Å²) >= 11 is 3.54. The van der Waals surface area contributed by atoms with Gasteiger partial charge in [0, 0.05) is 11.3 Å². The quantitative estimate of drug-likeness (QED) is 0.873. The van der Waals surface area contributed by atoms with Crippen LogP contribution in [-0.4, -0.2) is 20.2 Å². The highest BCUT2D eigenvalue weighted by Crippen LogP contribution is 2.36. The summed E-state index contributed by atoms with van der Waals surface area (Å²) in [5, 5.41) is 4.48. The molecule has 0 saturated carbocycles. The van der Waals surface area contributed by atoms with Gasteiger partial charge in [0.05, 0.1) is 11.6 Å². The number of nitrogens with one attached hydrogen (secondary N) is 1. The maximum Gasteiger partial charge on any atom is 1.00 e. The van der Waals surface area contributed by atoms with Gasteiger partial charge in [0.25, 0.3) is 0 Å². The van der Waals surface area contributed by atoms with Crippen molar-refractivity contribution in [2.75, 3.05) is 20.2 Å². The molecule has 104 valence electrons. The Morgan fingerprint density at radius 2 is 2.05 bits per heavy atom. The molecule has 2 aromatic rings. The average molecular weight is 347 g/mol. The Bertz CT molecular complexity index is 570. The number of fused-ring (bicyclic) bond motifs is 1. The average Bonchev–Trinajstić information content (AvgIpc) is 2.84. The zero-order valence-corrected chi connectivity index (χ0v) is 13.1. The van der Waals surface area contributed by atoms with Crippen LogP contribution < -0.4 is 22.5 Å². The highest BCUT2D eigenvalue weighted by Gasteiger charge is 2.20. The molecule has 1 fully saturated rings. The van der Waals surface area contributed by atoms with Crippen LogP contribution in [0.3, 0.4) is 0 Å². The summed E-state index contributed by atoms with van der Waals surface area (Å²) in [6.45, 7) is 2.15. The smallest absolute Gasteiger partial charge is 1.00 e. The first-order valence-electron chi connectivity index (χ1n) is 6.25. The Morgan fingerprint density at radius 1 is 1.32 bits per heavy atom. The van der Waals surface area contributed by atoms with Crippen LogP contribution in [0.2, 0.25) is 0 Å². The molecule has 0 bridgehead atoms. The molecule has 1 aliphatic rings. The van der Waals surface area contributed by atoms with E-state index >= 15 is 0 Å². The van der Waals surface area contributed by atoms with E-state index in [2.05, 4.69) is 27.3 Å². The predicted molar refractivity (Wildman–Crippen MR) is 76.4 cm³/mol. The van der Waals surface area contributed by atoms with Crippen LogP contribution in [0.1, 0.15) is 25.9 Å². The van der Waals surface area contributed by atoms with Gasteiger partial charge in [-0.15, -0.1) is 0 Å². The van der Waals surface area contributed by atoms with Crippen molar-refractivity contribution < 1.29 is 23.0 Å². The van der Waals surface area contributed by atoms with Gasteiger partial charge in [0.1, 0.15) is 17.1 Å². The van der Waals surface area contributed by atoms with Gasteiger partial charge in [-0.25, -0.2) is 0 Å². The van der Waals surface area contributed by atoms with E-state index < -0.39 is 0 Å². The van der Waals surface area contributed by atoms with E-state index in [4.69, 9.17) is 9.15 Å². The van der Waals surface area contributed by atoms with Gasteiger partial charge >= 0.3 is 1.43 Å². The maximum absolute atomic E-state index is 6.01. The third-order valence-corrected chi connectivity index (χ3v) is 4.13. The summed E-state index contributed by atoms with van der Waals surface area (Å²) in [4.78, 5) is 0. The molecule has 0 amide bonds. The van der Waals surface area contributed by atoms with Crippen molar-refractivity contribution in [3.8, 4) is 5.75 Å². The highest BCUT2D eigenvalue weighted by atomic mass is 79.9. The van der Waals surface area contributed by atoms with Crippen molar-refractivity contribution >= 4 is 26.9 Å². The molecule has 1 aromatic carbocycles. The van der Waals surface area contributed by atoms with Crippen molar-refractivity contribution in [2.45, 2.75) is 18.8 Å². The lowest BCUT2D eigenvalue weighted by atomic mass is 9.95. The standard InChI is InChI=1S/C14H16BrNO2.ClH/c1-17-11-6-10-7-13(9-2-4-16-5-3-9)18-14(10)12(15)8-11;/h6-9,16H,2-5H2,1H3;1H. The van der Waals surface area contributed by atoms with Crippen LogP contribution >= 0.6 is 15.9 Å². The fourth-order valence-corrected chi connectivity index (χ4v) is 3.07. The fourth-order valence-electron chi connectivity index (χ4n) is 2.53. The van der Waals surface area contributed by atoms with Crippen LogP contribution in [0.15, 0.2) is 27.1 Å². The van der Waals surface area contributed by atoms with Crippen molar-refractivity contribution in [1.29, 1.82) is 0 Å². The lowest BCUT2D eigenvalue weighted by molar-refractivity contribution is -0.00000435. The molecule has 1 N–H and O–H groups in total. The summed E-state index contributed by atoms with van der Waals surface area (Å²) in [5.41, 5.74) is 0.921. The monoisotopic (exact) mass is 345 g/mol. The van der Waals surface area contributed by atoms with Gasteiger partial charge in [0.15, 0.2) is 0 Å². The molecule has 0 atom stereocenters. The highest BCUT2D eigenvalue weighted by molar-refractivity contribution is 9.10. The van der Waals surface area contributed by atoms with Gasteiger partial charge in [-0.2, -0.15) is 0 Å². The number of hydrogen-bond donors (Lipinski definition) is 1. The van der Waals surface area contributed by atoms with E-state index in [-0.39, 0.29) is 13.8 Å². The SMILES string of the molecule is COc1cc(Br)c2oc(C3CCNCC3)cc2c1.[Cl-].[H+]. The lowest BCUT2D eigenvalue weighted by Crippen LogP contribution is -3.00. The molecule has 1 aromatic heterocycles. The number of hydrogen-bond acceptors (Lipinski definition) is 3. The summed E-state index contributed by atoms with van der Waals surface area (Å²) in [7, 11) is 1.68. The van der Waals surface area contributed by atoms with Crippen molar-refractivity contribution in [3.63, 3.8) is 0 Å². The Hall–Kier alpha value is -0.710. The van der Waals surface area contributed by atoms with Crippen molar-refractivity contribution in [3.05, 3.63) is 28.4 Å².